The van der Waals surface area contributed by atoms with Gasteiger partial charge in [-0.1, -0.05) is 18.2 Å². The minimum Gasteiger partial charge on any atom is -0.507 e. The van der Waals surface area contributed by atoms with Crippen molar-refractivity contribution < 1.29 is 14.7 Å². The Balaban J connectivity index is 2.20. The maximum atomic E-state index is 12.2. The first kappa shape index (κ1) is 16.5. The fraction of sp³-hybridized carbons (Fsp3) is 0.222. The number of anilines is 1. The quantitative estimate of drug-likeness (QED) is 0.762. The highest BCUT2D eigenvalue weighted by Crippen LogP contribution is 2.22. The molecule has 2 rings (SSSR count). The number of carbonyl (C=O) groups excluding carboxylic acids is 2. The van der Waals surface area contributed by atoms with E-state index >= 15 is 0 Å². The zero-order valence-electron chi connectivity index (χ0n) is 13.4. The standard InChI is InChI=1S/C18H20N2O3/c1-18(2,3)20-17(23)14-11-13(9-10-15(14)21)19-16(22)12-7-5-4-6-8-12/h4-11,21H,1-3H3,(H,19,22)(H,20,23). The van der Waals surface area contributed by atoms with E-state index in [1.807, 2.05) is 26.8 Å². The number of amides is 2. The summed E-state index contributed by atoms with van der Waals surface area (Å²) in [4.78, 5) is 24.3. The smallest absolute Gasteiger partial charge is 0.255 e. The van der Waals surface area contributed by atoms with E-state index in [0.717, 1.165) is 0 Å². The maximum Gasteiger partial charge on any atom is 0.255 e. The molecule has 0 atom stereocenters. The number of hydrogen-bond acceptors (Lipinski definition) is 3. The molecule has 120 valence electrons. The van der Waals surface area contributed by atoms with Crippen molar-refractivity contribution >= 4 is 17.5 Å². The van der Waals surface area contributed by atoms with E-state index < -0.39 is 11.4 Å². The summed E-state index contributed by atoms with van der Waals surface area (Å²) in [6, 6.07) is 13.2. The van der Waals surface area contributed by atoms with E-state index in [-0.39, 0.29) is 17.2 Å². The van der Waals surface area contributed by atoms with Crippen molar-refractivity contribution in [2.45, 2.75) is 26.3 Å². The minimum atomic E-state index is -0.424. The lowest BCUT2D eigenvalue weighted by Gasteiger charge is -2.21. The van der Waals surface area contributed by atoms with Gasteiger partial charge in [-0.15, -0.1) is 0 Å². The number of carbonyl (C=O) groups is 2. The second-order valence-electron chi connectivity index (χ2n) is 6.26. The topological polar surface area (TPSA) is 78.4 Å². The third kappa shape index (κ3) is 4.57. The van der Waals surface area contributed by atoms with Gasteiger partial charge < -0.3 is 15.7 Å². The van der Waals surface area contributed by atoms with E-state index in [9.17, 15) is 14.7 Å². The van der Waals surface area contributed by atoms with E-state index in [4.69, 9.17) is 0 Å². The van der Waals surface area contributed by atoms with E-state index in [1.165, 1.54) is 12.1 Å². The molecule has 0 aliphatic heterocycles. The van der Waals surface area contributed by atoms with Gasteiger partial charge in [-0.05, 0) is 51.1 Å². The van der Waals surface area contributed by atoms with E-state index in [1.54, 1.807) is 30.3 Å². The van der Waals surface area contributed by atoms with Crippen LogP contribution in [0.1, 0.15) is 41.5 Å². The number of hydrogen-bond donors (Lipinski definition) is 3. The Bertz CT molecular complexity index is 719. The number of phenolic OH excluding ortho intramolecular Hbond substituents is 1. The Morgan fingerprint density at radius 2 is 1.61 bits per heavy atom. The molecular weight excluding hydrogens is 292 g/mol. The van der Waals surface area contributed by atoms with Crippen LogP contribution in [0.5, 0.6) is 5.75 Å². The molecule has 0 saturated carbocycles. The van der Waals surface area contributed by atoms with Gasteiger partial charge in [0.05, 0.1) is 5.56 Å². The molecule has 3 N–H and O–H groups in total. The van der Waals surface area contributed by atoms with Gasteiger partial charge in [0.2, 0.25) is 0 Å². The average molecular weight is 312 g/mol. The van der Waals surface area contributed by atoms with Crippen molar-refractivity contribution in [2.24, 2.45) is 0 Å². The molecule has 0 aromatic heterocycles. The van der Waals surface area contributed by atoms with Crippen molar-refractivity contribution in [1.82, 2.24) is 5.32 Å². The summed E-state index contributed by atoms with van der Waals surface area (Å²) in [5, 5.41) is 15.4. The second-order valence-corrected chi connectivity index (χ2v) is 6.26. The lowest BCUT2D eigenvalue weighted by Crippen LogP contribution is -2.40. The van der Waals surface area contributed by atoms with Crippen LogP contribution in [0.3, 0.4) is 0 Å². The molecule has 2 aromatic rings. The van der Waals surface area contributed by atoms with Gasteiger partial charge in [0, 0.05) is 16.8 Å². The molecule has 0 heterocycles. The molecule has 0 saturated heterocycles. The predicted molar refractivity (Wildman–Crippen MR) is 89.7 cm³/mol. The third-order valence-corrected chi connectivity index (χ3v) is 3.02. The molecule has 0 fully saturated rings. The summed E-state index contributed by atoms with van der Waals surface area (Å²) in [6.45, 7) is 5.55. The average Bonchev–Trinajstić information content (AvgIpc) is 2.48. The molecule has 0 aliphatic rings. The van der Waals surface area contributed by atoms with Crippen LogP contribution < -0.4 is 10.6 Å². The normalized spacial score (nSPS) is 10.9. The van der Waals surface area contributed by atoms with Crippen molar-refractivity contribution in [2.75, 3.05) is 5.32 Å². The zero-order valence-corrected chi connectivity index (χ0v) is 13.4. The number of aromatic hydroxyl groups is 1. The van der Waals surface area contributed by atoms with Gasteiger partial charge in [0.15, 0.2) is 0 Å². The highest BCUT2D eigenvalue weighted by Gasteiger charge is 2.18. The van der Waals surface area contributed by atoms with Crippen LogP contribution in [0.15, 0.2) is 48.5 Å². The first-order valence-electron chi connectivity index (χ1n) is 7.28. The molecule has 0 bridgehead atoms. The molecular formula is C18H20N2O3. The lowest BCUT2D eigenvalue weighted by atomic mass is 10.1. The number of rotatable bonds is 3. The zero-order chi connectivity index (χ0) is 17.0. The van der Waals surface area contributed by atoms with Gasteiger partial charge in [0.25, 0.3) is 11.8 Å². The Hall–Kier alpha value is -2.82. The van der Waals surface area contributed by atoms with Gasteiger partial charge >= 0.3 is 0 Å². The Morgan fingerprint density at radius 1 is 0.957 bits per heavy atom. The van der Waals surface area contributed by atoms with Crippen LogP contribution in [0, 0.1) is 0 Å². The van der Waals surface area contributed by atoms with Crippen molar-refractivity contribution in [3.63, 3.8) is 0 Å². The maximum absolute atomic E-state index is 12.2. The number of phenols is 1. The summed E-state index contributed by atoms with van der Waals surface area (Å²) in [5.41, 5.74) is 0.648. The van der Waals surface area contributed by atoms with Gasteiger partial charge in [-0.25, -0.2) is 0 Å². The highest BCUT2D eigenvalue weighted by molar-refractivity contribution is 6.05. The molecule has 0 aliphatic carbocycles. The first-order chi connectivity index (χ1) is 10.8. The van der Waals surface area contributed by atoms with Crippen LogP contribution in [-0.2, 0) is 0 Å². The van der Waals surface area contributed by atoms with Crippen LogP contribution >= 0.6 is 0 Å². The van der Waals surface area contributed by atoms with Crippen molar-refractivity contribution in [1.29, 1.82) is 0 Å². The number of benzene rings is 2. The minimum absolute atomic E-state index is 0.116. The fourth-order valence-corrected chi connectivity index (χ4v) is 2.00. The second kappa shape index (κ2) is 6.52. The van der Waals surface area contributed by atoms with Gasteiger partial charge in [0.1, 0.15) is 5.75 Å². The monoisotopic (exact) mass is 312 g/mol. The molecule has 2 aromatic carbocycles. The number of nitrogens with one attached hydrogen (secondary N) is 2. The molecule has 23 heavy (non-hydrogen) atoms. The van der Waals surface area contributed by atoms with Crippen LogP contribution in [0.2, 0.25) is 0 Å². The SMILES string of the molecule is CC(C)(C)NC(=O)c1cc(NC(=O)c2ccccc2)ccc1O. The summed E-state index contributed by atoms with van der Waals surface area (Å²) in [7, 11) is 0. The molecule has 0 spiro atoms. The van der Waals surface area contributed by atoms with E-state index in [2.05, 4.69) is 10.6 Å². The first-order valence-corrected chi connectivity index (χ1v) is 7.28. The summed E-state index contributed by atoms with van der Waals surface area (Å²) in [6.07, 6.45) is 0. The van der Waals surface area contributed by atoms with Crippen molar-refractivity contribution in [3.05, 3.63) is 59.7 Å². The van der Waals surface area contributed by atoms with E-state index in [0.29, 0.717) is 11.3 Å². The summed E-state index contributed by atoms with van der Waals surface area (Å²) in [5.74, 6) is -0.811. The molecule has 5 nitrogen and oxygen atoms in total. The highest BCUT2D eigenvalue weighted by atomic mass is 16.3. The fourth-order valence-electron chi connectivity index (χ4n) is 2.00. The molecule has 0 unspecified atom stereocenters. The van der Waals surface area contributed by atoms with Crippen LogP contribution in [-0.4, -0.2) is 22.5 Å². The van der Waals surface area contributed by atoms with Gasteiger partial charge in [-0.3, -0.25) is 9.59 Å². The molecule has 2 amide bonds. The summed E-state index contributed by atoms with van der Waals surface area (Å²) < 4.78 is 0. The lowest BCUT2D eigenvalue weighted by molar-refractivity contribution is 0.0915. The Kier molecular flexibility index (Phi) is 4.69. The van der Waals surface area contributed by atoms with Crippen LogP contribution in [0.25, 0.3) is 0 Å². The van der Waals surface area contributed by atoms with Crippen LogP contribution in [0.4, 0.5) is 5.69 Å². The summed E-state index contributed by atoms with van der Waals surface area (Å²) >= 11 is 0. The molecule has 5 heteroatoms. The third-order valence-electron chi connectivity index (χ3n) is 3.02. The Morgan fingerprint density at radius 3 is 2.22 bits per heavy atom. The molecule has 0 radical (unpaired) electrons. The predicted octanol–water partition coefficient (Wildman–Crippen LogP) is 3.17. The Labute approximate surface area is 135 Å². The van der Waals surface area contributed by atoms with Crippen molar-refractivity contribution in [3.8, 4) is 5.75 Å². The largest absolute Gasteiger partial charge is 0.507 e. The van der Waals surface area contributed by atoms with Gasteiger partial charge in [-0.2, -0.15) is 0 Å².